The van der Waals surface area contributed by atoms with Crippen LogP contribution < -0.4 is 15.2 Å². The average molecular weight is 296 g/mol. The third kappa shape index (κ3) is 3.33. The Morgan fingerprint density at radius 2 is 1.95 bits per heavy atom. The van der Waals surface area contributed by atoms with Crippen LogP contribution in [-0.2, 0) is 5.75 Å². The zero-order chi connectivity index (χ0) is 13.8. The van der Waals surface area contributed by atoms with Crippen molar-refractivity contribution in [1.29, 1.82) is 0 Å². The largest absolute Gasteiger partial charge is 0.493 e. The van der Waals surface area contributed by atoms with Gasteiger partial charge in [-0.1, -0.05) is 11.3 Å². The molecular weight excluding hydrogens is 280 g/mol. The molecule has 1 aromatic heterocycles. The predicted molar refractivity (Wildman–Crippen MR) is 80.4 cm³/mol. The summed E-state index contributed by atoms with van der Waals surface area (Å²) in [6.07, 6.45) is 1.81. The molecule has 102 valence electrons. The molecule has 0 saturated carbocycles. The van der Waals surface area contributed by atoms with E-state index in [-0.39, 0.29) is 0 Å². The minimum Gasteiger partial charge on any atom is -0.493 e. The summed E-state index contributed by atoms with van der Waals surface area (Å²) in [5.41, 5.74) is 8.02. The van der Waals surface area contributed by atoms with Crippen molar-refractivity contribution in [3.8, 4) is 11.5 Å². The molecule has 0 atom stereocenters. The second-order valence-corrected chi connectivity index (χ2v) is 6.28. The summed E-state index contributed by atoms with van der Waals surface area (Å²) in [6, 6.07) is 4.02. The second kappa shape index (κ2) is 6.16. The van der Waals surface area contributed by atoms with Gasteiger partial charge in [0.2, 0.25) is 0 Å². The SMILES string of the molecule is COc1cc(C)c(CSc2cnc(N)s2)cc1OC. The van der Waals surface area contributed by atoms with Crippen LogP contribution in [0.15, 0.2) is 22.5 Å². The first-order valence-electron chi connectivity index (χ1n) is 5.69. The number of hydrogen-bond acceptors (Lipinski definition) is 6. The standard InChI is InChI=1S/C13H16N2O2S2/c1-8-4-10(16-2)11(17-3)5-9(8)7-18-12-6-15-13(14)19-12/h4-6H,7H2,1-3H3,(H2,14,15). The zero-order valence-corrected chi connectivity index (χ0v) is 12.7. The minimum absolute atomic E-state index is 0.603. The van der Waals surface area contributed by atoms with Gasteiger partial charge in [0.1, 0.15) is 0 Å². The van der Waals surface area contributed by atoms with Crippen molar-refractivity contribution < 1.29 is 9.47 Å². The van der Waals surface area contributed by atoms with Gasteiger partial charge < -0.3 is 15.2 Å². The third-order valence-corrected chi connectivity index (χ3v) is 4.78. The summed E-state index contributed by atoms with van der Waals surface area (Å²) >= 11 is 3.22. The van der Waals surface area contributed by atoms with Crippen LogP contribution in [0.4, 0.5) is 5.13 Å². The molecule has 0 aliphatic heterocycles. The van der Waals surface area contributed by atoms with Crippen molar-refractivity contribution in [3.05, 3.63) is 29.5 Å². The van der Waals surface area contributed by atoms with Crippen LogP contribution in [0.1, 0.15) is 11.1 Å². The quantitative estimate of drug-likeness (QED) is 0.858. The lowest BCUT2D eigenvalue weighted by Gasteiger charge is -2.12. The van der Waals surface area contributed by atoms with Gasteiger partial charge in [-0.25, -0.2) is 4.98 Å². The Balaban J connectivity index is 2.15. The van der Waals surface area contributed by atoms with Crippen molar-refractivity contribution in [1.82, 2.24) is 4.98 Å². The van der Waals surface area contributed by atoms with Gasteiger partial charge in [-0.2, -0.15) is 0 Å². The Kier molecular flexibility index (Phi) is 4.55. The summed E-state index contributed by atoms with van der Waals surface area (Å²) in [5, 5.41) is 0.603. The normalized spacial score (nSPS) is 10.5. The number of aryl methyl sites for hydroxylation is 1. The molecule has 0 amide bonds. The Bertz CT molecular complexity index is 570. The van der Waals surface area contributed by atoms with Gasteiger partial charge in [0.15, 0.2) is 16.6 Å². The lowest BCUT2D eigenvalue weighted by Crippen LogP contribution is -1.94. The minimum atomic E-state index is 0.603. The Morgan fingerprint density at radius 3 is 2.53 bits per heavy atom. The summed E-state index contributed by atoms with van der Waals surface area (Å²) in [6.45, 7) is 2.07. The fourth-order valence-corrected chi connectivity index (χ4v) is 3.49. The third-order valence-electron chi connectivity index (χ3n) is 2.71. The highest BCUT2D eigenvalue weighted by molar-refractivity contribution is 8.00. The molecule has 0 bridgehead atoms. The summed E-state index contributed by atoms with van der Waals surface area (Å²) in [5.74, 6) is 2.37. The Labute approximate surface area is 120 Å². The highest BCUT2D eigenvalue weighted by atomic mass is 32.2. The number of methoxy groups -OCH3 is 2. The van der Waals surface area contributed by atoms with Gasteiger partial charge in [0.25, 0.3) is 0 Å². The molecule has 4 nitrogen and oxygen atoms in total. The molecule has 2 aromatic rings. The summed E-state index contributed by atoms with van der Waals surface area (Å²) < 4.78 is 11.7. The monoisotopic (exact) mass is 296 g/mol. The molecular formula is C13H16N2O2S2. The smallest absolute Gasteiger partial charge is 0.181 e. The van der Waals surface area contributed by atoms with Crippen LogP contribution in [0.5, 0.6) is 11.5 Å². The Morgan fingerprint density at radius 1 is 1.26 bits per heavy atom. The van der Waals surface area contributed by atoms with E-state index in [9.17, 15) is 0 Å². The highest BCUT2D eigenvalue weighted by Gasteiger charge is 2.09. The van der Waals surface area contributed by atoms with Gasteiger partial charge in [-0.05, 0) is 30.2 Å². The molecule has 2 N–H and O–H groups in total. The van der Waals surface area contributed by atoms with E-state index in [0.29, 0.717) is 5.13 Å². The number of thiazole rings is 1. The Hall–Kier alpha value is -1.40. The first kappa shape index (κ1) is 14.0. The van der Waals surface area contributed by atoms with E-state index in [1.807, 2.05) is 12.1 Å². The van der Waals surface area contributed by atoms with Crippen molar-refractivity contribution in [2.75, 3.05) is 20.0 Å². The molecule has 2 rings (SSSR count). The number of benzene rings is 1. The molecule has 0 fully saturated rings. The number of aromatic nitrogens is 1. The predicted octanol–water partition coefficient (Wildman–Crippen LogP) is 3.34. The molecule has 1 aromatic carbocycles. The average Bonchev–Trinajstić information content (AvgIpc) is 2.82. The molecule has 6 heteroatoms. The van der Waals surface area contributed by atoms with Crippen LogP contribution >= 0.6 is 23.1 Å². The molecule has 19 heavy (non-hydrogen) atoms. The van der Waals surface area contributed by atoms with Crippen molar-refractivity contribution >= 4 is 28.2 Å². The maximum absolute atomic E-state index is 5.62. The number of nitrogen functional groups attached to an aromatic ring is 1. The van der Waals surface area contributed by atoms with Crippen LogP contribution in [0.25, 0.3) is 0 Å². The van der Waals surface area contributed by atoms with Gasteiger partial charge in [0, 0.05) is 5.75 Å². The number of thioether (sulfide) groups is 1. The van der Waals surface area contributed by atoms with E-state index in [4.69, 9.17) is 15.2 Å². The second-order valence-electron chi connectivity index (χ2n) is 3.94. The maximum Gasteiger partial charge on any atom is 0.181 e. The van der Waals surface area contributed by atoms with E-state index in [1.165, 1.54) is 22.5 Å². The van der Waals surface area contributed by atoms with E-state index in [2.05, 4.69) is 11.9 Å². The van der Waals surface area contributed by atoms with E-state index in [1.54, 1.807) is 32.2 Å². The van der Waals surface area contributed by atoms with Crippen molar-refractivity contribution in [2.45, 2.75) is 16.9 Å². The van der Waals surface area contributed by atoms with Crippen molar-refractivity contribution in [3.63, 3.8) is 0 Å². The van der Waals surface area contributed by atoms with Crippen LogP contribution in [0, 0.1) is 6.92 Å². The topological polar surface area (TPSA) is 57.4 Å². The fraction of sp³-hybridized carbons (Fsp3) is 0.308. The zero-order valence-electron chi connectivity index (χ0n) is 11.1. The molecule has 0 saturated heterocycles. The molecule has 0 spiro atoms. The van der Waals surface area contributed by atoms with Crippen LogP contribution in [-0.4, -0.2) is 19.2 Å². The molecule has 0 radical (unpaired) electrons. The number of rotatable bonds is 5. The van der Waals surface area contributed by atoms with Gasteiger partial charge in [-0.3, -0.25) is 0 Å². The molecule has 0 aliphatic carbocycles. The number of hydrogen-bond donors (Lipinski definition) is 1. The number of nitrogens with two attached hydrogens (primary N) is 1. The summed E-state index contributed by atoms with van der Waals surface area (Å²) in [4.78, 5) is 4.04. The first-order valence-corrected chi connectivity index (χ1v) is 7.50. The number of nitrogens with zero attached hydrogens (tertiary/aromatic N) is 1. The van der Waals surface area contributed by atoms with E-state index < -0.39 is 0 Å². The first-order chi connectivity index (χ1) is 9.13. The molecule has 0 aliphatic rings. The van der Waals surface area contributed by atoms with Gasteiger partial charge >= 0.3 is 0 Å². The summed E-state index contributed by atoms with van der Waals surface area (Å²) in [7, 11) is 3.29. The van der Waals surface area contributed by atoms with Crippen molar-refractivity contribution in [2.24, 2.45) is 0 Å². The van der Waals surface area contributed by atoms with E-state index >= 15 is 0 Å². The molecule has 1 heterocycles. The highest BCUT2D eigenvalue weighted by Crippen LogP contribution is 2.34. The molecule has 0 unspecified atom stereocenters. The fourth-order valence-electron chi connectivity index (χ4n) is 1.67. The number of anilines is 1. The maximum atomic E-state index is 5.62. The van der Waals surface area contributed by atoms with Crippen LogP contribution in [0.2, 0.25) is 0 Å². The lowest BCUT2D eigenvalue weighted by atomic mass is 10.1. The van der Waals surface area contributed by atoms with Crippen LogP contribution in [0.3, 0.4) is 0 Å². The lowest BCUT2D eigenvalue weighted by molar-refractivity contribution is 0.354. The van der Waals surface area contributed by atoms with Gasteiger partial charge in [-0.15, -0.1) is 11.8 Å². The van der Waals surface area contributed by atoms with Gasteiger partial charge in [0.05, 0.1) is 24.6 Å². The number of ether oxygens (including phenoxy) is 2. The van der Waals surface area contributed by atoms with E-state index in [0.717, 1.165) is 21.5 Å².